The number of sulfone groups is 1. The molecule has 0 atom stereocenters. The maximum absolute atomic E-state index is 12.6. The van der Waals surface area contributed by atoms with Crippen LogP contribution in [-0.4, -0.2) is 30.0 Å². The molecule has 0 aromatic rings. The first-order valence-electron chi connectivity index (χ1n) is 7.36. The molecule has 0 bridgehead atoms. The van der Waals surface area contributed by atoms with E-state index in [1.807, 2.05) is 0 Å². The Balaban J connectivity index is 1.96. The monoisotopic (exact) mass is 288 g/mol. The third-order valence-electron chi connectivity index (χ3n) is 4.92. The minimum atomic E-state index is -3.05. The van der Waals surface area contributed by atoms with Crippen LogP contribution in [0.4, 0.5) is 0 Å². The quantitative estimate of drug-likeness (QED) is 0.866. The number of carboxylic acids is 1. The number of hydrogen-bond acceptors (Lipinski definition) is 3. The topological polar surface area (TPSA) is 71.4 Å². The molecule has 0 saturated heterocycles. The number of rotatable bonds is 3. The van der Waals surface area contributed by atoms with Gasteiger partial charge in [-0.15, -0.1) is 0 Å². The molecular weight excluding hydrogens is 264 g/mol. The molecule has 2 aliphatic carbocycles. The Morgan fingerprint density at radius 1 is 0.895 bits per heavy atom. The van der Waals surface area contributed by atoms with Crippen LogP contribution >= 0.6 is 0 Å². The average molecular weight is 288 g/mol. The third kappa shape index (κ3) is 3.30. The molecule has 0 spiro atoms. The van der Waals surface area contributed by atoms with E-state index in [0.29, 0.717) is 31.6 Å². The zero-order chi connectivity index (χ0) is 14.0. The van der Waals surface area contributed by atoms with Crippen LogP contribution in [0, 0.1) is 11.8 Å². The predicted molar refractivity (Wildman–Crippen MR) is 73.7 cm³/mol. The SMILES string of the molecule is CC1CCC(S(=O)(=O)C2CCC(C(=O)O)CC2)CC1. The van der Waals surface area contributed by atoms with Crippen molar-refractivity contribution in [1.82, 2.24) is 0 Å². The van der Waals surface area contributed by atoms with Gasteiger partial charge in [-0.2, -0.15) is 0 Å². The summed E-state index contributed by atoms with van der Waals surface area (Å²) in [5, 5.41) is 8.49. The molecule has 0 aromatic heterocycles. The highest BCUT2D eigenvalue weighted by molar-refractivity contribution is 7.92. The summed E-state index contributed by atoms with van der Waals surface area (Å²) in [6, 6.07) is 0. The molecule has 0 unspecified atom stereocenters. The standard InChI is InChI=1S/C14H24O4S/c1-10-2-6-12(7-3-10)19(17,18)13-8-4-11(5-9-13)14(15)16/h10-13H,2-9H2,1H3,(H,15,16). The van der Waals surface area contributed by atoms with Crippen molar-refractivity contribution in [3.05, 3.63) is 0 Å². The van der Waals surface area contributed by atoms with E-state index < -0.39 is 15.8 Å². The largest absolute Gasteiger partial charge is 0.481 e. The summed E-state index contributed by atoms with van der Waals surface area (Å²) >= 11 is 0. The summed E-state index contributed by atoms with van der Waals surface area (Å²) in [6.45, 7) is 2.18. The molecule has 0 aromatic carbocycles. The Hall–Kier alpha value is -0.580. The second-order valence-corrected chi connectivity index (χ2v) is 8.79. The lowest BCUT2D eigenvalue weighted by Gasteiger charge is -2.32. The van der Waals surface area contributed by atoms with E-state index in [1.54, 1.807) is 0 Å². The molecule has 1 N–H and O–H groups in total. The molecule has 19 heavy (non-hydrogen) atoms. The molecule has 5 heteroatoms. The lowest BCUT2D eigenvalue weighted by Crippen LogP contribution is -2.37. The Morgan fingerprint density at radius 2 is 1.32 bits per heavy atom. The van der Waals surface area contributed by atoms with Gasteiger partial charge in [0.05, 0.1) is 16.4 Å². The average Bonchev–Trinajstić information content (AvgIpc) is 2.39. The molecule has 0 radical (unpaired) electrons. The van der Waals surface area contributed by atoms with Crippen LogP contribution in [0.15, 0.2) is 0 Å². The highest BCUT2D eigenvalue weighted by atomic mass is 32.2. The molecule has 2 rings (SSSR count). The van der Waals surface area contributed by atoms with Crippen molar-refractivity contribution in [2.24, 2.45) is 11.8 Å². The molecule has 4 nitrogen and oxygen atoms in total. The van der Waals surface area contributed by atoms with E-state index in [4.69, 9.17) is 5.11 Å². The summed E-state index contributed by atoms with van der Waals surface area (Å²) in [5.41, 5.74) is 0. The van der Waals surface area contributed by atoms with E-state index in [1.165, 1.54) is 0 Å². The first kappa shape index (κ1) is 14.8. The minimum absolute atomic E-state index is 0.171. The summed E-state index contributed by atoms with van der Waals surface area (Å²) in [6.07, 6.45) is 5.70. The van der Waals surface area contributed by atoms with Crippen molar-refractivity contribution in [3.63, 3.8) is 0 Å². The maximum Gasteiger partial charge on any atom is 0.306 e. The fraction of sp³-hybridized carbons (Fsp3) is 0.929. The predicted octanol–water partition coefficient (Wildman–Crippen LogP) is 2.62. The van der Waals surface area contributed by atoms with Crippen molar-refractivity contribution >= 4 is 15.8 Å². The first-order valence-corrected chi connectivity index (χ1v) is 8.97. The number of carbonyl (C=O) groups is 1. The molecule has 110 valence electrons. The van der Waals surface area contributed by atoms with Crippen molar-refractivity contribution < 1.29 is 18.3 Å². The molecule has 2 fully saturated rings. The fourth-order valence-corrected chi connectivity index (χ4v) is 5.87. The Morgan fingerprint density at radius 3 is 1.74 bits per heavy atom. The van der Waals surface area contributed by atoms with Crippen molar-refractivity contribution in [2.75, 3.05) is 0 Å². The summed E-state index contributed by atoms with van der Waals surface area (Å²) in [5.74, 6) is -0.464. The Labute approximate surface area is 115 Å². The van der Waals surface area contributed by atoms with Gasteiger partial charge in [0, 0.05) is 0 Å². The van der Waals surface area contributed by atoms with Crippen LogP contribution < -0.4 is 0 Å². The fourth-order valence-electron chi connectivity index (χ4n) is 3.47. The summed E-state index contributed by atoms with van der Waals surface area (Å²) in [4.78, 5) is 10.9. The number of hydrogen-bond donors (Lipinski definition) is 1. The molecule has 0 aliphatic heterocycles. The van der Waals surface area contributed by atoms with E-state index in [-0.39, 0.29) is 16.4 Å². The normalized spacial score (nSPS) is 36.9. The van der Waals surface area contributed by atoms with Gasteiger partial charge in [-0.05, 0) is 57.3 Å². The lowest BCUT2D eigenvalue weighted by molar-refractivity contribution is -0.142. The number of aliphatic carboxylic acids is 1. The zero-order valence-corrected chi connectivity index (χ0v) is 12.4. The first-order chi connectivity index (χ1) is 8.91. The molecular formula is C14H24O4S. The molecule has 2 saturated carbocycles. The summed E-state index contributed by atoms with van der Waals surface area (Å²) < 4.78 is 25.2. The van der Waals surface area contributed by atoms with Gasteiger partial charge < -0.3 is 5.11 Å². The second-order valence-electron chi connectivity index (χ2n) is 6.28. The van der Waals surface area contributed by atoms with E-state index in [9.17, 15) is 13.2 Å². The number of carboxylic acid groups (broad SMARTS) is 1. The van der Waals surface area contributed by atoms with E-state index in [0.717, 1.165) is 25.7 Å². The van der Waals surface area contributed by atoms with Gasteiger partial charge >= 0.3 is 5.97 Å². The summed E-state index contributed by atoms with van der Waals surface area (Å²) in [7, 11) is -3.05. The van der Waals surface area contributed by atoms with Crippen LogP contribution in [-0.2, 0) is 14.6 Å². The second kappa shape index (κ2) is 5.81. The van der Waals surface area contributed by atoms with E-state index in [2.05, 4.69) is 6.92 Å². The van der Waals surface area contributed by atoms with Gasteiger partial charge in [-0.25, -0.2) is 8.42 Å². The van der Waals surface area contributed by atoms with Gasteiger partial charge in [0.15, 0.2) is 9.84 Å². The lowest BCUT2D eigenvalue weighted by atomic mass is 9.89. The van der Waals surface area contributed by atoms with Crippen LogP contribution in [0.25, 0.3) is 0 Å². The highest BCUT2D eigenvalue weighted by Crippen LogP contribution is 2.35. The molecule has 0 amide bonds. The maximum atomic E-state index is 12.6. The van der Waals surface area contributed by atoms with E-state index >= 15 is 0 Å². The van der Waals surface area contributed by atoms with Crippen LogP contribution in [0.3, 0.4) is 0 Å². The Kier molecular flexibility index (Phi) is 4.54. The highest BCUT2D eigenvalue weighted by Gasteiger charge is 2.38. The molecule has 0 heterocycles. The Bertz CT molecular complexity index is 413. The van der Waals surface area contributed by atoms with Gasteiger partial charge in [-0.1, -0.05) is 6.92 Å². The van der Waals surface area contributed by atoms with Crippen molar-refractivity contribution in [2.45, 2.75) is 68.8 Å². The van der Waals surface area contributed by atoms with Crippen LogP contribution in [0.1, 0.15) is 58.3 Å². The molecule has 2 aliphatic rings. The van der Waals surface area contributed by atoms with Crippen molar-refractivity contribution in [1.29, 1.82) is 0 Å². The smallest absolute Gasteiger partial charge is 0.306 e. The van der Waals surface area contributed by atoms with Crippen LogP contribution in [0.2, 0.25) is 0 Å². The van der Waals surface area contributed by atoms with Gasteiger partial charge in [0.1, 0.15) is 0 Å². The third-order valence-corrected chi connectivity index (χ3v) is 7.72. The minimum Gasteiger partial charge on any atom is -0.481 e. The van der Waals surface area contributed by atoms with Crippen molar-refractivity contribution in [3.8, 4) is 0 Å². The van der Waals surface area contributed by atoms with Gasteiger partial charge in [-0.3, -0.25) is 4.79 Å². The van der Waals surface area contributed by atoms with Gasteiger partial charge in [0.25, 0.3) is 0 Å². The van der Waals surface area contributed by atoms with Gasteiger partial charge in [0.2, 0.25) is 0 Å². The zero-order valence-electron chi connectivity index (χ0n) is 11.5. The van der Waals surface area contributed by atoms with Crippen LogP contribution in [0.5, 0.6) is 0 Å².